The third-order valence-corrected chi connectivity index (χ3v) is 13.6. The van der Waals surface area contributed by atoms with Gasteiger partial charge in [-0.2, -0.15) is 0 Å². The lowest BCUT2D eigenvalue weighted by molar-refractivity contribution is -0.130. The first kappa shape index (κ1) is 23.4. The van der Waals surface area contributed by atoms with Crippen LogP contribution in [0.15, 0.2) is 60.7 Å². The van der Waals surface area contributed by atoms with Gasteiger partial charge in [-0.1, -0.05) is 95.3 Å². The Morgan fingerprint density at radius 2 is 1.56 bits per heavy atom. The van der Waals surface area contributed by atoms with Crippen molar-refractivity contribution < 1.29 is 9.22 Å². The highest BCUT2D eigenvalue weighted by Crippen LogP contribution is 2.56. The lowest BCUT2D eigenvalue weighted by atomic mass is 9.62. The molecule has 4 atom stereocenters. The highest BCUT2D eigenvalue weighted by atomic mass is 28.4. The third-order valence-electron chi connectivity index (χ3n) is 8.60. The van der Waals surface area contributed by atoms with Crippen LogP contribution < -0.4 is 10.4 Å². The average molecular weight is 449 g/mol. The maximum absolute atomic E-state index is 12.6. The highest BCUT2D eigenvalue weighted by Gasteiger charge is 2.54. The second kappa shape index (κ2) is 8.91. The smallest absolute Gasteiger partial charge is 0.261 e. The molecule has 1 unspecified atom stereocenters. The van der Waals surface area contributed by atoms with Gasteiger partial charge in [0.05, 0.1) is 0 Å². The number of carbonyl (C=O) groups is 1. The minimum Gasteiger partial charge on any atom is -0.407 e. The fraction of sp³-hybridized carbons (Fsp3) is 0.552. The molecule has 2 aliphatic rings. The molecule has 0 saturated heterocycles. The molecule has 0 bridgehead atoms. The van der Waals surface area contributed by atoms with Gasteiger partial charge >= 0.3 is 0 Å². The summed E-state index contributed by atoms with van der Waals surface area (Å²) in [6.45, 7) is 12.6. The van der Waals surface area contributed by atoms with E-state index in [1.54, 1.807) is 0 Å². The molecule has 2 aliphatic carbocycles. The maximum Gasteiger partial charge on any atom is 0.261 e. The van der Waals surface area contributed by atoms with Crippen molar-refractivity contribution >= 4 is 24.5 Å². The van der Waals surface area contributed by atoms with Crippen LogP contribution in [-0.4, -0.2) is 20.7 Å². The highest BCUT2D eigenvalue weighted by molar-refractivity contribution is 6.99. The van der Waals surface area contributed by atoms with E-state index in [1.807, 2.05) is 0 Å². The molecule has 0 spiro atoms. The van der Waals surface area contributed by atoms with Crippen LogP contribution in [0.25, 0.3) is 0 Å². The van der Waals surface area contributed by atoms with Gasteiger partial charge in [0.25, 0.3) is 8.32 Å². The molecule has 2 aromatic carbocycles. The zero-order valence-corrected chi connectivity index (χ0v) is 21.6. The van der Waals surface area contributed by atoms with E-state index in [-0.39, 0.29) is 16.4 Å². The van der Waals surface area contributed by atoms with E-state index >= 15 is 0 Å². The van der Waals surface area contributed by atoms with Crippen molar-refractivity contribution in [3.8, 4) is 0 Å². The first-order chi connectivity index (χ1) is 15.2. The minimum atomic E-state index is -2.51. The van der Waals surface area contributed by atoms with Gasteiger partial charge in [-0.3, -0.25) is 4.79 Å². The molecule has 0 radical (unpaired) electrons. The second-order valence-electron chi connectivity index (χ2n) is 11.5. The second-order valence-corrected chi connectivity index (χ2v) is 15.8. The Labute approximate surface area is 195 Å². The van der Waals surface area contributed by atoms with Crippen LogP contribution >= 0.6 is 0 Å². The first-order valence-corrected chi connectivity index (χ1v) is 14.4. The molecule has 2 aromatic rings. The zero-order valence-electron chi connectivity index (χ0n) is 20.6. The van der Waals surface area contributed by atoms with Crippen LogP contribution in [0.3, 0.4) is 0 Å². The van der Waals surface area contributed by atoms with Gasteiger partial charge in [-0.05, 0) is 58.3 Å². The zero-order chi connectivity index (χ0) is 23.0. The Kier molecular flexibility index (Phi) is 6.53. The Balaban J connectivity index is 1.66. The Morgan fingerprint density at radius 3 is 2.09 bits per heavy atom. The molecule has 0 N–H and O–H groups in total. The minimum absolute atomic E-state index is 0.00164. The molecule has 2 fully saturated rings. The van der Waals surface area contributed by atoms with Gasteiger partial charge in [0, 0.05) is 18.9 Å². The van der Waals surface area contributed by atoms with Gasteiger partial charge < -0.3 is 4.43 Å². The van der Waals surface area contributed by atoms with E-state index in [4.69, 9.17) is 4.43 Å². The molecular weight excluding hydrogens is 408 g/mol. The molecule has 0 heterocycles. The SMILES string of the molecule is CC(CO[Si](c1ccccc1)(c1ccccc1)C(C)(C)C)[C@H]1CC[C@@H]2C(=O)CCC[C@]21C. The van der Waals surface area contributed by atoms with E-state index in [2.05, 4.69) is 95.3 Å². The number of hydrogen-bond acceptors (Lipinski definition) is 2. The predicted molar refractivity (Wildman–Crippen MR) is 136 cm³/mol. The predicted octanol–water partition coefficient (Wildman–Crippen LogP) is 5.98. The Bertz CT molecular complexity index is 878. The standard InChI is InChI=1S/C29H40O2Si/c1-22(25-18-19-26-27(30)17-12-20-29(25,26)5)21-31-32(28(2,3)4,23-13-8-6-9-14-23)24-15-10-7-11-16-24/h6-11,13-16,22,25-26H,12,17-21H2,1-5H3/t22?,25-,26-,29+/m1/s1. The van der Waals surface area contributed by atoms with Crippen molar-refractivity contribution in [3.63, 3.8) is 0 Å². The largest absolute Gasteiger partial charge is 0.407 e. The molecule has 0 aliphatic heterocycles. The lowest BCUT2D eigenvalue weighted by Gasteiger charge is -2.46. The van der Waals surface area contributed by atoms with E-state index in [0.717, 1.165) is 32.3 Å². The molecule has 2 nitrogen and oxygen atoms in total. The summed E-state index contributed by atoms with van der Waals surface area (Å²) >= 11 is 0. The summed E-state index contributed by atoms with van der Waals surface area (Å²) in [6, 6.07) is 21.8. The number of ketones is 1. The summed E-state index contributed by atoms with van der Waals surface area (Å²) in [6.07, 6.45) is 5.28. The van der Waals surface area contributed by atoms with Crippen LogP contribution in [0, 0.1) is 23.2 Å². The van der Waals surface area contributed by atoms with Gasteiger partial charge in [-0.15, -0.1) is 0 Å². The molecule has 172 valence electrons. The topological polar surface area (TPSA) is 26.3 Å². The molecular formula is C29H40O2Si. The first-order valence-electron chi connectivity index (χ1n) is 12.5. The van der Waals surface area contributed by atoms with Crippen molar-refractivity contribution in [2.24, 2.45) is 23.2 Å². The van der Waals surface area contributed by atoms with Gasteiger partial charge in [-0.25, -0.2) is 0 Å². The number of carbonyl (C=O) groups excluding carboxylic acids is 1. The molecule has 4 rings (SSSR count). The molecule has 3 heteroatoms. The van der Waals surface area contributed by atoms with Crippen molar-refractivity contribution in [1.29, 1.82) is 0 Å². The number of hydrogen-bond donors (Lipinski definition) is 0. The van der Waals surface area contributed by atoms with Gasteiger partial charge in [0.15, 0.2) is 0 Å². The van der Waals surface area contributed by atoms with E-state index in [9.17, 15) is 4.79 Å². The lowest BCUT2D eigenvalue weighted by Crippen LogP contribution is -2.67. The van der Waals surface area contributed by atoms with Gasteiger partial charge in [0.1, 0.15) is 5.78 Å². The van der Waals surface area contributed by atoms with Crippen LogP contribution in [0.1, 0.15) is 66.7 Å². The Hall–Kier alpha value is -1.71. The summed E-state index contributed by atoms with van der Waals surface area (Å²) in [5.41, 5.74) is 0.156. The number of rotatable bonds is 6. The average Bonchev–Trinajstić information content (AvgIpc) is 3.13. The van der Waals surface area contributed by atoms with Crippen LogP contribution in [0.2, 0.25) is 5.04 Å². The Morgan fingerprint density at radius 1 is 1.00 bits per heavy atom. The molecule has 0 aromatic heterocycles. The van der Waals surface area contributed by atoms with Crippen LogP contribution in [0.4, 0.5) is 0 Å². The quantitative estimate of drug-likeness (QED) is 0.508. The van der Waals surface area contributed by atoms with Crippen molar-refractivity contribution in [2.75, 3.05) is 6.61 Å². The van der Waals surface area contributed by atoms with Crippen molar-refractivity contribution in [3.05, 3.63) is 60.7 Å². The number of benzene rings is 2. The monoisotopic (exact) mass is 448 g/mol. The summed E-state index contributed by atoms with van der Waals surface area (Å²) in [5, 5.41) is 2.68. The van der Waals surface area contributed by atoms with Gasteiger partial charge in [0.2, 0.25) is 0 Å². The summed E-state index contributed by atoms with van der Waals surface area (Å²) in [4.78, 5) is 12.6. The summed E-state index contributed by atoms with van der Waals surface area (Å²) < 4.78 is 7.25. The normalized spacial score (nSPS) is 27.2. The van der Waals surface area contributed by atoms with E-state index in [0.29, 0.717) is 17.6 Å². The maximum atomic E-state index is 12.6. The van der Waals surface area contributed by atoms with E-state index in [1.165, 1.54) is 16.8 Å². The third kappa shape index (κ3) is 3.92. The fourth-order valence-electron chi connectivity index (χ4n) is 7.04. The fourth-order valence-corrected chi connectivity index (χ4v) is 11.7. The van der Waals surface area contributed by atoms with Crippen molar-refractivity contribution in [2.45, 2.75) is 71.8 Å². The molecule has 0 amide bonds. The number of Topliss-reactive ketones (excluding diaryl/α,β-unsaturated/α-hetero) is 1. The van der Waals surface area contributed by atoms with Crippen molar-refractivity contribution in [1.82, 2.24) is 0 Å². The summed E-state index contributed by atoms with van der Waals surface area (Å²) in [5.74, 6) is 1.80. The molecule has 2 saturated carbocycles. The summed E-state index contributed by atoms with van der Waals surface area (Å²) in [7, 11) is -2.51. The van der Waals surface area contributed by atoms with Crippen LogP contribution in [0.5, 0.6) is 0 Å². The van der Waals surface area contributed by atoms with Crippen LogP contribution in [-0.2, 0) is 9.22 Å². The van der Waals surface area contributed by atoms with E-state index < -0.39 is 8.32 Å². The number of fused-ring (bicyclic) bond motifs is 1. The molecule has 32 heavy (non-hydrogen) atoms.